The Morgan fingerprint density at radius 3 is 2.48 bits per heavy atom. The molecule has 148 valence electrons. The van der Waals surface area contributed by atoms with Crippen molar-refractivity contribution in [1.82, 2.24) is 24.7 Å². The van der Waals surface area contributed by atoms with E-state index in [1.807, 2.05) is 29.5 Å². The Bertz CT molecular complexity index is 784. The smallest absolute Gasteiger partial charge is 0.227 e. The molecule has 1 aliphatic heterocycles. The van der Waals surface area contributed by atoms with Crippen LogP contribution in [0.25, 0.3) is 0 Å². The van der Waals surface area contributed by atoms with E-state index in [9.17, 15) is 4.79 Å². The minimum absolute atomic E-state index is 0.195. The van der Waals surface area contributed by atoms with Gasteiger partial charge in [0.05, 0.1) is 24.4 Å². The highest BCUT2D eigenvalue weighted by Crippen LogP contribution is 2.17. The maximum atomic E-state index is 12.8. The molecule has 3 heterocycles. The summed E-state index contributed by atoms with van der Waals surface area (Å²) in [5.74, 6) is 1.62. The van der Waals surface area contributed by atoms with Crippen LogP contribution in [0.5, 0.6) is 0 Å². The molecular formula is C20H31N5O2. The molecule has 1 aliphatic rings. The number of carbonyl (C=O) groups is 1. The number of piperazine rings is 1. The van der Waals surface area contributed by atoms with E-state index < -0.39 is 0 Å². The van der Waals surface area contributed by atoms with Gasteiger partial charge in [-0.2, -0.15) is 5.10 Å². The largest absolute Gasteiger partial charge is 0.360 e. The van der Waals surface area contributed by atoms with Gasteiger partial charge < -0.3 is 9.42 Å². The Morgan fingerprint density at radius 2 is 1.89 bits per heavy atom. The molecule has 2 aromatic heterocycles. The Labute approximate surface area is 161 Å². The zero-order valence-electron chi connectivity index (χ0n) is 17.2. The molecule has 1 saturated heterocycles. The van der Waals surface area contributed by atoms with Gasteiger partial charge in [-0.05, 0) is 26.7 Å². The van der Waals surface area contributed by atoms with Gasteiger partial charge in [-0.1, -0.05) is 19.0 Å². The quantitative estimate of drug-likeness (QED) is 0.777. The normalized spacial score (nSPS) is 15.7. The van der Waals surface area contributed by atoms with Crippen molar-refractivity contribution in [2.75, 3.05) is 26.2 Å². The Kier molecular flexibility index (Phi) is 5.99. The Hall–Kier alpha value is -2.15. The van der Waals surface area contributed by atoms with Gasteiger partial charge in [0.2, 0.25) is 5.91 Å². The maximum absolute atomic E-state index is 12.8. The van der Waals surface area contributed by atoms with Gasteiger partial charge in [0, 0.05) is 50.0 Å². The number of aryl methyl sites for hydroxylation is 2. The molecular weight excluding hydrogens is 342 g/mol. The van der Waals surface area contributed by atoms with Crippen molar-refractivity contribution >= 4 is 5.91 Å². The summed E-state index contributed by atoms with van der Waals surface area (Å²) in [7, 11) is 0. The third kappa shape index (κ3) is 4.77. The van der Waals surface area contributed by atoms with Crippen LogP contribution in [0.15, 0.2) is 10.6 Å². The van der Waals surface area contributed by atoms with Crippen LogP contribution in [0.4, 0.5) is 0 Å². The molecule has 0 radical (unpaired) electrons. The fourth-order valence-corrected chi connectivity index (χ4v) is 3.64. The monoisotopic (exact) mass is 373 g/mol. The number of nitrogens with zero attached hydrogens (tertiary/aromatic N) is 5. The second-order valence-corrected chi connectivity index (χ2v) is 7.99. The lowest BCUT2D eigenvalue weighted by atomic mass is 10.1. The zero-order chi connectivity index (χ0) is 19.6. The molecule has 3 rings (SSSR count). The fraction of sp³-hybridized carbons (Fsp3) is 0.650. The van der Waals surface area contributed by atoms with Crippen molar-refractivity contribution in [3.05, 3.63) is 34.5 Å². The Balaban J connectivity index is 1.54. The molecule has 0 unspecified atom stereocenters. The molecule has 27 heavy (non-hydrogen) atoms. The number of hydrogen-bond acceptors (Lipinski definition) is 5. The predicted octanol–water partition coefficient (Wildman–Crippen LogP) is 2.34. The summed E-state index contributed by atoms with van der Waals surface area (Å²) >= 11 is 0. The lowest BCUT2D eigenvalue weighted by Gasteiger charge is -2.34. The predicted molar refractivity (Wildman–Crippen MR) is 103 cm³/mol. The molecule has 0 bridgehead atoms. The van der Waals surface area contributed by atoms with E-state index in [-0.39, 0.29) is 5.91 Å². The second kappa shape index (κ2) is 8.25. The molecule has 0 aromatic carbocycles. The van der Waals surface area contributed by atoms with Crippen LogP contribution in [-0.2, 0) is 24.3 Å². The van der Waals surface area contributed by atoms with Gasteiger partial charge >= 0.3 is 0 Å². The highest BCUT2D eigenvalue weighted by molar-refractivity contribution is 5.79. The number of aromatic nitrogens is 3. The van der Waals surface area contributed by atoms with Gasteiger partial charge in [-0.15, -0.1) is 0 Å². The average molecular weight is 374 g/mol. The third-order valence-electron chi connectivity index (χ3n) is 5.18. The van der Waals surface area contributed by atoms with E-state index >= 15 is 0 Å². The zero-order valence-corrected chi connectivity index (χ0v) is 17.2. The summed E-state index contributed by atoms with van der Waals surface area (Å²) in [6.45, 7) is 15.2. The SMILES string of the molecule is Cc1cc(CN2CCN(C(=O)Cc3c(C)nn(CC(C)C)c3C)CC2)on1. The van der Waals surface area contributed by atoms with Crippen molar-refractivity contribution in [3.8, 4) is 0 Å². The van der Waals surface area contributed by atoms with Crippen LogP contribution in [0, 0.1) is 26.7 Å². The van der Waals surface area contributed by atoms with Crippen LogP contribution >= 0.6 is 0 Å². The van der Waals surface area contributed by atoms with Crippen LogP contribution in [-0.4, -0.2) is 56.8 Å². The summed E-state index contributed by atoms with van der Waals surface area (Å²) in [5, 5.41) is 8.57. The van der Waals surface area contributed by atoms with Gasteiger partial charge in [0.1, 0.15) is 0 Å². The van der Waals surface area contributed by atoms with Crippen molar-refractivity contribution in [2.45, 2.75) is 54.1 Å². The van der Waals surface area contributed by atoms with E-state index in [1.54, 1.807) is 0 Å². The van der Waals surface area contributed by atoms with Gasteiger partial charge in [0.15, 0.2) is 5.76 Å². The molecule has 1 amide bonds. The molecule has 0 atom stereocenters. The van der Waals surface area contributed by atoms with E-state index in [0.717, 1.165) is 67.7 Å². The molecule has 7 nitrogen and oxygen atoms in total. The molecule has 0 aliphatic carbocycles. The second-order valence-electron chi connectivity index (χ2n) is 7.99. The van der Waals surface area contributed by atoms with Crippen LogP contribution in [0.3, 0.4) is 0 Å². The molecule has 0 N–H and O–H groups in total. The molecule has 7 heteroatoms. The number of hydrogen-bond donors (Lipinski definition) is 0. The van der Waals surface area contributed by atoms with Crippen molar-refractivity contribution in [1.29, 1.82) is 0 Å². The van der Waals surface area contributed by atoms with Crippen LogP contribution in [0.1, 0.15) is 42.3 Å². The summed E-state index contributed by atoms with van der Waals surface area (Å²) in [6.07, 6.45) is 0.442. The van der Waals surface area contributed by atoms with E-state index in [4.69, 9.17) is 4.52 Å². The van der Waals surface area contributed by atoms with Gasteiger partial charge in [-0.3, -0.25) is 14.4 Å². The van der Waals surface area contributed by atoms with Crippen LogP contribution in [0.2, 0.25) is 0 Å². The fourth-order valence-electron chi connectivity index (χ4n) is 3.64. The van der Waals surface area contributed by atoms with Crippen LogP contribution < -0.4 is 0 Å². The van der Waals surface area contributed by atoms with E-state index in [1.165, 1.54) is 0 Å². The summed E-state index contributed by atoms with van der Waals surface area (Å²) in [4.78, 5) is 17.1. The van der Waals surface area contributed by atoms with Gasteiger partial charge in [-0.25, -0.2) is 0 Å². The van der Waals surface area contributed by atoms with Crippen molar-refractivity contribution < 1.29 is 9.32 Å². The first-order valence-electron chi connectivity index (χ1n) is 9.78. The molecule has 0 spiro atoms. The first kappa shape index (κ1) is 19.6. The standard InChI is InChI=1S/C20H31N5O2/c1-14(2)12-25-17(5)19(16(4)21-25)11-20(26)24-8-6-23(7-9-24)13-18-10-15(3)22-27-18/h10,14H,6-9,11-13H2,1-5H3. The number of amides is 1. The lowest BCUT2D eigenvalue weighted by molar-refractivity contribution is -0.132. The summed E-state index contributed by atoms with van der Waals surface area (Å²) < 4.78 is 7.34. The number of carbonyl (C=O) groups excluding carboxylic acids is 1. The summed E-state index contributed by atoms with van der Waals surface area (Å²) in [5.41, 5.74) is 4.08. The van der Waals surface area contributed by atoms with Crippen molar-refractivity contribution in [2.24, 2.45) is 5.92 Å². The van der Waals surface area contributed by atoms with Gasteiger partial charge in [0.25, 0.3) is 0 Å². The maximum Gasteiger partial charge on any atom is 0.227 e. The number of rotatable bonds is 6. The van der Waals surface area contributed by atoms with Crippen molar-refractivity contribution in [3.63, 3.8) is 0 Å². The third-order valence-corrected chi connectivity index (χ3v) is 5.18. The van der Waals surface area contributed by atoms with E-state index in [0.29, 0.717) is 12.3 Å². The average Bonchev–Trinajstić information content (AvgIpc) is 3.13. The topological polar surface area (TPSA) is 67.4 Å². The Morgan fingerprint density at radius 1 is 1.19 bits per heavy atom. The van der Waals surface area contributed by atoms with E-state index in [2.05, 4.69) is 35.9 Å². The molecule has 2 aromatic rings. The minimum atomic E-state index is 0.195. The molecule has 1 fully saturated rings. The first-order chi connectivity index (χ1) is 12.8. The highest BCUT2D eigenvalue weighted by Gasteiger charge is 2.24. The summed E-state index contributed by atoms with van der Waals surface area (Å²) in [6, 6.07) is 1.97. The minimum Gasteiger partial charge on any atom is -0.360 e. The first-order valence-corrected chi connectivity index (χ1v) is 9.78. The lowest BCUT2D eigenvalue weighted by Crippen LogP contribution is -2.48. The molecule has 0 saturated carbocycles. The highest BCUT2D eigenvalue weighted by atomic mass is 16.5.